The van der Waals surface area contributed by atoms with Gasteiger partial charge in [-0.25, -0.2) is 0 Å². The Labute approximate surface area is 102 Å². The van der Waals surface area contributed by atoms with E-state index in [1.54, 1.807) is 11.3 Å². The van der Waals surface area contributed by atoms with Crippen LogP contribution in [0, 0.1) is 11.7 Å². The number of aromatic amines is 1. The molecule has 4 heteroatoms. The van der Waals surface area contributed by atoms with Gasteiger partial charge in [-0.15, -0.1) is 11.3 Å². The molecule has 1 N–H and O–H groups in total. The van der Waals surface area contributed by atoms with E-state index in [9.17, 15) is 0 Å². The SMILES string of the molecule is Cc1cn(-c2ccc3sccc3c2)c(=S)[nH]1. The molecule has 16 heavy (non-hydrogen) atoms. The van der Waals surface area contributed by atoms with Crippen molar-refractivity contribution >= 4 is 33.6 Å². The molecule has 0 aliphatic carbocycles. The Morgan fingerprint density at radius 3 is 2.94 bits per heavy atom. The zero-order chi connectivity index (χ0) is 11.1. The maximum atomic E-state index is 5.27. The summed E-state index contributed by atoms with van der Waals surface area (Å²) in [6.07, 6.45) is 2.02. The number of hydrogen-bond acceptors (Lipinski definition) is 2. The van der Waals surface area contributed by atoms with E-state index in [1.807, 2.05) is 17.7 Å². The number of H-pyrrole nitrogens is 1. The third-order valence-corrected chi connectivity index (χ3v) is 3.76. The van der Waals surface area contributed by atoms with E-state index in [4.69, 9.17) is 12.2 Å². The molecule has 1 aromatic carbocycles. The van der Waals surface area contributed by atoms with Crippen LogP contribution in [-0.4, -0.2) is 9.55 Å². The van der Waals surface area contributed by atoms with Crippen LogP contribution < -0.4 is 0 Å². The first kappa shape index (κ1) is 9.81. The lowest BCUT2D eigenvalue weighted by molar-refractivity contribution is 1.04. The lowest BCUT2D eigenvalue weighted by atomic mass is 10.2. The molecule has 0 bridgehead atoms. The van der Waals surface area contributed by atoms with Gasteiger partial charge in [-0.05, 0) is 54.2 Å². The fraction of sp³-hybridized carbons (Fsp3) is 0.0833. The monoisotopic (exact) mass is 246 g/mol. The highest BCUT2D eigenvalue weighted by atomic mass is 32.1. The second-order valence-corrected chi connectivity index (χ2v) is 5.09. The first-order valence-electron chi connectivity index (χ1n) is 5.00. The van der Waals surface area contributed by atoms with Gasteiger partial charge in [0.05, 0.1) is 0 Å². The minimum Gasteiger partial charge on any atom is -0.335 e. The van der Waals surface area contributed by atoms with Gasteiger partial charge >= 0.3 is 0 Å². The maximum absolute atomic E-state index is 5.27. The third kappa shape index (κ3) is 1.50. The quantitative estimate of drug-likeness (QED) is 0.642. The van der Waals surface area contributed by atoms with Gasteiger partial charge in [0.25, 0.3) is 0 Å². The Balaban J connectivity index is 2.25. The lowest BCUT2D eigenvalue weighted by Crippen LogP contribution is -1.90. The van der Waals surface area contributed by atoms with Crippen LogP contribution in [0.5, 0.6) is 0 Å². The van der Waals surface area contributed by atoms with Crippen molar-refractivity contribution in [3.05, 3.63) is 46.3 Å². The van der Waals surface area contributed by atoms with Crippen LogP contribution in [0.25, 0.3) is 15.8 Å². The van der Waals surface area contributed by atoms with Crippen molar-refractivity contribution in [1.29, 1.82) is 0 Å². The predicted molar refractivity (Wildman–Crippen MR) is 71.1 cm³/mol. The second-order valence-electron chi connectivity index (χ2n) is 3.75. The fourth-order valence-corrected chi connectivity index (χ4v) is 2.90. The molecule has 0 saturated carbocycles. The average Bonchev–Trinajstić information content (AvgIpc) is 2.83. The van der Waals surface area contributed by atoms with Crippen LogP contribution in [0.1, 0.15) is 5.69 Å². The molecular weight excluding hydrogens is 236 g/mol. The molecule has 80 valence electrons. The van der Waals surface area contributed by atoms with Gasteiger partial charge in [0.15, 0.2) is 4.77 Å². The van der Waals surface area contributed by atoms with Gasteiger partial charge in [0.1, 0.15) is 0 Å². The van der Waals surface area contributed by atoms with Crippen LogP contribution >= 0.6 is 23.6 Å². The van der Waals surface area contributed by atoms with E-state index >= 15 is 0 Å². The molecule has 2 nitrogen and oxygen atoms in total. The van der Waals surface area contributed by atoms with E-state index in [0.717, 1.165) is 16.2 Å². The molecule has 2 aromatic heterocycles. The smallest absolute Gasteiger partial charge is 0.181 e. The Morgan fingerprint density at radius 2 is 2.19 bits per heavy atom. The lowest BCUT2D eigenvalue weighted by Gasteiger charge is -2.01. The number of fused-ring (bicyclic) bond motifs is 1. The number of benzene rings is 1. The van der Waals surface area contributed by atoms with Gasteiger partial charge in [0.2, 0.25) is 0 Å². The second kappa shape index (κ2) is 3.57. The van der Waals surface area contributed by atoms with Gasteiger partial charge in [-0.1, -0.05) is 0 Å². The molecule has 0 aliphatic heterocycles. The Morgan fingerprint density at radius 1 is 1.31 bits per heavy atom. The Hall–Kier alpha value is -1.39. The highest BCUT2D eigenvalue weighted by Crippen LogP contribution is 2.23. The van der Waals surface area contributed by atoms with E-state index in [0.29, 0.717) is 0 Å². The van der Waals surface area contributed by atoms with E-state index < -0.39 is 0 Å². The van der Waals surface area contributed by atoms with E-state index in [-0.39, 0.29) is 0 Å². The summed E-state index contributed by atoms with van der Waals surface area (Å²) in [6.45, 7) is 2.01. The minimum atomic E-state index is 0.743. The molecule has 0 atom stereocenters. The molecular formula is C12H10N2S2. The third-order valence-electron chi connectivity index (χ3n) is 2.56. The van der Waals surface area contributed by atoms with Crippen LogP contribution in [-0.2, 0) is 0 Å². The van der Waals surface area contributed by atoms with Crippen molar-refractivity contribution < 1.29 is 0 Å². The summed E-state index contributed by atoms with van der Waals surface area (Å²) < 4.78 is 4.05. The molecule has 0 aliphatic rings. The molecule has 0 fully saturated rings. The molecule has 0 amide bonds. The first-order valence-corrected chi connectivity index (χ1v) is 6.29. The van der Waals surface area contributed by atoms with Gasteiger partial charge in [0, 0.05) is 22.3 Å². The zero-order valence-corrected chi connectivity index (χ0v) is 10.4. The van der Waals surface area contributed by atoms with Crippen LogP contribution in [0.4, 0.5) is 0 Å². The van der Waals surface area contributed by atoms with Gasteiger partial charge < -0.3 is 4.98 Å². The Kier molecular flexibility index (Phi) is 2.19. The number of thiophene rings is 1. The van der Waals surface area contributed by atoms with E-state index in [2.05, 4.69) is 34.6 Å². The normalized spacial score (nSPS) is 11.1. The van der Waals surface area contributed by atoms with Crippen molar-refractivity contribution in [2.75, 3.05) is 0 Å². The van der Waals surface area contributed by atoms with Crippen molar-refractivity contribution in [3.63, 3.8) is 0 Å². The highest BCUT2D eigenvalue weighted by Gasteiger charge is 2.02. The van der Waals surface area contributed by atoms with E-state index in [1.165, 1.54) is 10.1 Å². The minimum absolute atomic E-state index is 0.743. The number of nitrogens with one attached hydrogen (secondary N) is 1. The molecule has 3 rings (SSSR count). The number of aryl methyl sites for hydroxylation is 1. The average molecular weight is 246 g/mol. The number of aromatic nitrogens is 2. The molecule has 0 saturated heterocycles. The summed E-state index contributed by atoms with van der Waals surface area (Å²) in [5.74, 6) is 0. The summed E-state index contributed by atoms with van der Waals surface area (Å²) in [5.41, 5.74) is 2.19. The summed E-state index contributed by atoms with van der Waals surface area (Å²) in [5, 5.41) is 3.37. The van der Waals surface area contributed by atoms with Crippen LogP contribution in [0.15, 0.2) is 35.8 Å². The largest absolute Gasteiger partial charge is 0.335 e. The van der Waals surface area contributed by atoms with Crippen molar-refractivity contribution in [1.82, 2.24) is 9.55 Å². The summed E-state index contributed by atoms with van der Waals surface area (Å²) in [4.78, 5) is 3.13. The molecule has 0 radical (unpaired) electrons. The number of hydrogen-bond donors (Lipinski definition) is 1. The van der Waals surface area contributed by atoms with Crippen LogP contribution in [0.3, 0.4) is 0 Å². The summed E-state index contributed by atoms with van der Waals surface area (Å²) in [7, 11) is 0. The van der Waals surface area contributed by atoms with Crippen LogP contribution in [0.2, 0.25) is 0 Å². The number of rotatable bonds is 1. The highest BCUT2D eigenvalue weighted by molar-refractivity contribution is 7.71. The predicted octanol–water partition coefficient (Wildman–Crippen LogP) is 4.06. The van der Waals surface area contributed by atoms with Gasteiger partial charge in [-0.3, -0.25) is 4.57 Å². The maximum Gasteiger partial charge on any atom is 0.181 e. The summed E-state index contributed by atoms with van der Waals surface area (Å²) >= 11 is 7.02. The standard InChI is InChI=1S/C12H10N2S2/c1-8-7-14(12(15)13-8)10-2-3-11-9(6-10)4-5-16-11/h2-7H,1H3,(H,13,15). The topological polar surface area (TPSA) is 20.7 Å². The number of imidazole rings is 1. The fourth-order valence-electron chi connectivity index (χ4n) is 1.81. The van der Waals surface area contributed by atoms with Gasteiger partial charge in [-0.2, -0.15) is 0 Å². The van der Waals surface area contributed by atoms with Crippen molar-refractivity contribution in [2.45, 2.75) is 6.92 Å². The molecule has 2 heterocycles. The first-order chi connectivity index (χ1) is 7.74. The van der Waals surface area contributed by atoms with Crippen molar-refractivity contribution in [3.8, 4) is 5.69 Å². The number of nitrogens with zero attached hydrogens (tertiary/aromatic N) is 1. The molecule has 0 spiro atoms. The molecule has 3 aromatic rings. The molecule has 0 unspecified atom stereocenters. The Bertz CT molecular complexity index is 703. The zero-order valence-electron chi connectivity index (χ0n) is 8.73. The summed E-state index contributed by atoms with van der Waals surface area (Å²) in [6, 6.07) is 8.53. The van der Waals surface area contributed by atoms with Crippen molar-refractivity contribution in [2.24, 2.45) is 0 Å².